The second kappa shape index (κ2) is 10.4. The maximum atomic E-state index is 13.1. The van der Waals surface area contributed by atoms with E-state index in [-0.39, 0.29) is 11.3 Å². The summed E-state index contributed by atoms with van der Waals surface area (Å²) >= 11 is 5.97. The van der Waals surface area contributed by atoms with Crippen LogP contribution in [-0.4, -0.2) is 44.4 Å². The Bertz CT molecular complexity index is 1200. The lowest BCUT2D eigenvalue weighted by molar-refractivity contribution is -0.139. The number of aliphatic hydroxyl groups excluding tert-OH is 1. The lowest BCUT2D eigenvalue weighted by atomic mass is 9.95. The first-order valence-electron chi connectivity index (χ1n) is 10.8. The molecule has 8 heteroatoms. The van der Waals surface area contributed by atoms with E-state index >= 15 is 0 Å². The number of hydrogen-bond donors (Lipinski definition) is 1. The Labute approximate surface area is 202 Å². The van der Waals surface area contributed by atoms with Crippen molar-refractivity contribution in [2.75, 3.05) is 13.2 Å². The van der Waals surface area contributed by atoms with E-state index in [9.17, 15) is 14.7 Å². The van der Waals surface area contributed by atoms with Gasteiger partial charge in [0.05, 0.1) is 17.9 Å². The predicted molar refractivity (Wildman–Crippen MR) is 129 cm³/mol. The molecule has 1 aliphatic rings. The third-order valence-electron chi connectivity index (χ3n) is 5.60. The van der Waals surface area contributed by atoms with Crippen LogP contribution in [-0.2, 0) is 16.1 Å². The summed E-state index contributed by atoms with van der Waals surface area (Å²) in [5, 5.41) is 11.6. The Morgan fingerprint density at radius 3 is 2.50 bits per heavy atom. The molecule has 4 rings (SSSR count). The van der Waals surface area contributed by atoms with Gasteiger partial charge in [-0.1, -0.05) is 36.4 Å². The molecule has 1 aliphatic heterocycles. The molecule has 1 saturated heterocycles. The molecule has 1 atom stereocenters. The van der Waals surface area contributed by atoms with Gasteiger partial charge in [-0.3, -0.25) is 9.59 Å². The summed E-state index contributed by atoms with van der Waals surface area (Å²) in [7, 11) is 0. The molecule has 0 spiro atoms. The standard InChI is InChI=1S/C26H24ClN3O4/c1-2-16-34-21-10-6-18(7-11-21)23-22(24(31)19-4-8-20(27)9-5-19)25(32)26(33)30(23)14-3-13-29-15-12-28-17-29/h2,4-12,15,17,23,31H,1,3,13-14,16H2/b24-22+. The summed E-state index contributed by atoms with van der Waals surface area (Å²) in [5.74, 6) is -0.951. The van der Waals surface area contributed by atoms with Crippen molar-refractivity contribution in [3.05, 3.63) is 102 Å². The van der Waals surface area contributed by atoms with E-state index in [0.29, 0.717) is 48.0 Å². The molecule has 174 valence electrons. The van der Waals surface area contributed by atoms with Gasteiger partial charge in [0, 0.05) is 36.1 Å². The fourth-order valence-electron chi connectivity index (χ4n) is 3.96. The second-order valence-corrected chi connectivity index (χ2v) is 8.26. The van der Waals surface area contributed by atoms with Gasteiger partial charge in [-0.2, -0.15) is 0 Å². The summed E-state index contributed by atoms with van der Waals surface area (Å²) < 4.78 is 7.46. The van der Waals surface area contributed by atoms with Gasteiger partial charge >= 0.3 is 0 Å². The molecule has 0 saturated carbocycles. The quantitative estimate of drug-likeness (QED) is 0.210. The van der Waals surface area contributed by atoms with E-state index in [1.54, 1.807) is 67.1 Å². The number of carbonyl (C=O) groups is 2. The molecule has 2 aromatic carbocycles. The Hall–Kier alpha value is -3.84. The molecule has 3 aromatic rings. The minimum atomic E-state index is -0.730. The Kier molecular flexibility index (Phi) is 7.13. The third-order valence-corrected chi connectivity index (χ3v) is 5.85. The van der Waals surface area contributed by atoms with E-state index in [1.165, 1.54) is 4.90 Å². The fourth-order valence-corrected chi connectivity index (χ4v) is 4.09. The topological polar surface area (TPSA) is 84.7 Å². The minimum absolute atomic E-state index is 0.0507. The summed E-state index contributed by atoms with van der Waals surface area (Å²) in [6.45, 7) is 4.98. The van der Waals surface area contributed by atoms with Gasteiger partial charge in [-0.15, -0.1) is 0 Å². The molecule has 0 aliphatic carbocycles. The zero-order valence-corrected chi connectivity index (χ0v) is 19.2. The number of benzene rings is 2. The van der Waals surface area contributed by atoms with Crippen LogP contribution in [0.15, 0.2) is 85.5 Å². The maximum absolute atomic E-state index is 13.1. The zero-order chi connectivity index (χ0) is 24.1. The number of carbonyl (C=O) groups excluding carboxylic acids is 2. The van der Waals surface area contributed by atoms with Crippen LogP contribution < -0.4 is 4.74 Å². The lowest BCUT2D eigenvalue weighted by Gasteiger charge is -2.25. The van der Waals surface area contributed by atoms with E-state index in [2.05, 4.69) is 11.6 Å². The average Bonchev–Trinajstić information content (AvgIpc) is 3.45. The van der Waals surface area contributed by atoms with Gasteiger partial charge < -0.3 is 19.3 Å². The molecule has 1 N–H and O–H groups in total. The number of nitrogens with zero attached hydrogens (tertiary/aromatic N) is 3. The van der Waals surface area contributed by atoms with Crippen molar-refractivity contribution in [3.63, 3.8) is 0 Å². The van der Waals surface area contributed by atoms with E-state index in [0.717, 1.165) is 0 Å². The second-order valence-electron chi connectivity index (χ2n) is 7.82. The first-order chi connectivity index (χ1) is 16.5. The van der Waals surface area contributed by atoms with Crippen molar-refractivity contribution < 1.29 is 19.4 Å². The molecule has 1 unspecified atom stereocenters. The monoisotopic (exact) mass is 477 g/mol. The lowest BCUT2D eigenvalue weighted by Crippen LogP contribution is -2.31. The molecular weight excluding hydrogens is 454 g/mol. The number of ether oxygens (including phenoxy) is 1. The highest BCUT2D eigenvalue weighted by Crippen LogP contribution is 2.40. The zero-order valence-electron chi connectivity index (χ0n) is 18.4. The number of amides is 1. The van der Waals surface area contributed by atoms with E-state index in [4.69, 9.17) is 16.3 Å². The number of Topliss-reactive ketones (excluding diaryl/α,β-unsaturated/α-hetero) is 1. The highest BCUT2D eigenvalue weighted by atomic mass is 35.5. The molecule has 2 heterocycles. The first-order valence-corrected chi connectivity index (χ1v) is 11.2. The molecule has 1 amide bonds. The normalized spacial score (nSPS) is 17.2. The number of ketones is 1. The number of halogens is 1. The van der Waals surface area contributed by atoms with Crippen LogP contribution >= 0.6 is 11.6 Å². The number of aromatic nitrogens is 2. The van der Waals surface area contributed by atoms with Crippen molar-refractivity contribution in [2.45, 2.75) is 19.0 Å². The number of aliphatic hydroxyl groups is 1. The Morgan fingerprint density at radius 2 is 1.85 bits per heavy atom. The van der Waals surface area contributed by atoms with Crippen molar-refractivity contribution >= 4 is 29.1 Å². The molecule has 0 bridgehead atoms. The number of rotatable bonds is 9. The number of aryl methyl sites for hydroxylation is 1. The molecule has 7 nitrogen and oxygen atoms in total. The van der Waals surface area contributed by atoms with Crippen molar-refractivity contribution in [3.8, 4) is 5.75 Å². The summed E-state index contributed by atoms with van der Waals surface area (Å²) in [6.07, 6.45) is 7.49. The first kappa shape index (κ1) is 23.3. The van der Waals surface area contributed by atoms with Gasteiger partial charge in [0.2, 0.25) is 0 Å². The smallest absolute Gasteiger partial charge is 0.295 e. The molecule has 0 radical (unpaired) electrons. The SMILES string of the molecule is C=CCOc1ccc(C2/C(=C(\O)c3ccc(Cl)cc3)C(=O)C(=O)N2CCCn2ccnc2)cc1. The third kappa shape index (κ3) is 4.89. The fraction of sp³-hybridized carbons (Fsp3) is 0.192. The molecule has 1 fully saturated rings. The molecule has 1 aromatic heterocycles. The van der Waals surface area contributed by atoms with Crippen molar-refractivity contribution in [1.82, 2.24) is 14.5 Å². The van der Waals surface area contributed by atoms with E-state index < -0.39 is 17.7 Å². The summed E-state index contributed by atoms with van der Waals surface area (Å²) in [4.78, 5) is 31.7. The van der Waals surface area contributed by atoms with Crippen LogP contribution in [0.25, 0.3) is 5.76 Å². The largest absolute Gasteiger partial charge is 0.507 e. The molecular formula is C26H24ClN3O4. The summed E-state index contributed by atoms with van der Waals surface area (Å²) in [6, 6.07) is 12.9. The van der Waals surface area contributed by atoms with Crippen LogP contribution in [0.2, 0.25) is 5.02 Å². The van der Waals surface area contributed by atoms with Gasteiger partial charge in [-0.25, -0.2) is 4.98 Å². The van der Waals surface area contributed by atoms with Gasteiger partial charge in [0.25, 0.3) is 11.7 Å². The van der Waals surface area contributed by atoms with Crippen LogP contribution in [0.3, 0.4) is 0 Å². The minimum Gasteiger partial charge on any atom is -0.507 e. The van der Waals surface area contributed by atoms with E-state index in [1.807, 2.05) is 10.8 Å². The van der Waals surface area contributed by atoms with Gasteiger partial charge in [0.1, 0.15) is 18.1 Å². The number of imidazole rings is 1. The average molecular weight is 478 g/mol. The Morgan fingerprint density at radius 1 is 1.12 bits per heavy atom. The highest BCUT2D eigenvalue weighted by molar-refractivity contribution is 6.46. The Balaban J connectivity index is 1.70. The number of hydrogen-bond acceptors (Lipinski definition) is 5. The number of likely N-dealkylation sites (tertiary alicyclic amines) is 1. The van der Waals surface area contributed by atoms with Crippen molar-refractivity contribution in [1.29, 1.82) is 0 Å². The van der Waals surface area contributed by atoms with Gasteiger partial charge in [-0.05, 0) is 48.4 Å². The summed E-state index contributed by atoms with van der Waals surface area (Å²) in [5.41, 5.74) is 1.16. The predicted octanol–water partition coefficient (Wildman–Crippen LogP) is 4.61. The maximum Gasteiger partial charge on any atom is 0.295 e. The van der Waals surface area contributed by atoms with Gasteiger partial charge in [0.15, 0.2) is 0 Å². The van der Waals surface area contributed by atoms with Crippen LogP contribution in [0, 0.1) is 0 Å². The van der Waals surface area contributed by atoms with Crippen LogP contribution in [0.1, 0.15) is 23.6 Å². The highest BCUT2D eigenvalue weighted by Gasteiger charge is 2.45. The van der Waals surface area contributed by atoms with Crippen molar-refractivity contribution in [2.24, 2.45) is 0 Å². The van der Waals surface area contributed by atoms with Crippen LogP contribution in [0.4, 0.5) is 0 Å². The van der Waals surface area contributed by atoms with Crippen LogP contribution in [0.5, 0.6) is 5.75 Å². The molecule has 34 heavy (non-hydrogen) atoms.